The van der Waals surface area contributed by atoms with Crippen LogP contribution in [0.15, 0.2) is 24.5 Å². The number of amides is 1. The zero-order valence-electron chi connectivity index (χ0n) is 13.4. The maximum absolute atomic E-state index is 12.9. The fourth-order valence-electron chi connectivity index (χ4n) is 2.18. The molecule has 130 valence electrons. The molecule has 1 atom stereocenters. The van der Waals surface area contributed by atoms with Crippen LogP contribution in [-0.2, 0) is 0 Å². The van der Waals surface area contributed by atoms with Crippen molar-refractivity contribution in [2.75, 3.05) is 18.6 Å². The molecule has 0 spiro atoms. The van der Waals surface area contributed by atoms with Crippen LogP contribution in [0.1, 0.15) is 22.8 Å². The predicted octanol–water partition coefficient (Wildman–Crippen LogP) is 2.69. The standard InChI is InChI=1S/C16H14Cl2N4O3/c1-9(23)7-22(11-3-4-12(25-2)10(5-11)6-19)16(24)13-14(17)20-8-21-15(13)18/h3-5,8-9,23H,7H2,1-2H3. The summed E-state index contributed by atoms with van der Waals surface area (Å²) in [4.78, 5) is 21.7. The van der Waals surface area contributed by atoms with Gasteiger partial charge in [-0.25, -0.2) is 9.97 Å². The third kappa shape index (κ3) is 4.17. The van der Waals surface area contributed by atoms with E-state index in [0.717, 1.165) is 6.33 Å². The first-order chi connectivity index (χ1) is 11.9. The lowest BCUT2D eigenvalue weighted by molar-refractivity contribution is 0.0967. The second-order valence-corrected chi connectivity index (χ2v) is 5.81. The first-order valence-corrected chi connectivity index (χ1v) is 7.88. The summed E-state index contributed by atoms with van der Waals surface area (Å²) >= 11 is 12.0. The highest BCUT2D eigenvalue weighted by Crippen LogP contribution is 2.28. The van der Waals surface area contributed by atoms with Gasteiger partial charge in [0.15, 0.2) is 0 Å². The van der Waals surface area contributed by atoms with E-state index in [4.69, 9.17) is 27.9 Å². The Balaban J connectivity index is 2.54. The van der Waals surface area contributed by atoms with E-state index in [1.807, 2.05) is 6.07 Å². The lowest BCUT2D eigenvalue weighted by Crippen LogP contribution is -2.37. The van der Waals surface area contributed by atoms with Crippen molar-refractivity contribution in [1.82, 2.24) is 9.97 Å². The number of hydrogen-bond donors (Lipinski definition) is 1. The van der Waals surface area contributed by atoms with Crippen LogP contribution in [-0.4, -0.2) is 40.7 Å². The quantitative estimate of drug-likeness (QED) is 0.800. The molecule has 2 rings (SSSR count). The third-order valence-electron chi connectivity index (χ3n) is 3.28. The first-order valence-electron chi connectivity index (χ1n) is 7.13. The van der Waals surface area contributed by atoms with E-state index in [0.29, 0.717) is 11.4 Å². The Morgan fingerprint density at radius 1 is 1.40 bits per heavy atom. The van der Waals surface area contributed by atoms with E-state index < -0.39 is 12.0 Å². The highest BCUT2D eigenvalue weighted by atomic mass is 35.5. The molecule has 0 radical (unpaired) electrons. The molecular formula is C16H14Cl2N4O3. The van der Waals surface area contributed by atoms with Crippen LogP contribution >= 0.6 is 23.2 Å². The van der Waals surface area contributed by atoms with Crippen LogP contribution in [0.5, 0.6) is 5.75 Å². The van der Waals surface area contributed by atoms with Crippen molar-refractivity contribution in [1.29, 1.82) is 5.26 Å². The molecule has 0 aliphatic heterocycles. The zero-order valence-corrected chi connectivity index (χ0v) is 14.9. The Morgan fingerprint density at radius 2 is 2.04 bits per heavy atom. The van der Waals surface area contributed by atoms with Gasteiger partial charge in [0, 0.05) is 5.69 Å². The normalized spacial score (nSPS) is 11.5. The van der Waals surface area contributed by atoms with Crippen molar-refractivity contribution < 1.29 is 14.6 Å². The predicted molar refractivity (Wildman–Crippen MR) is 93.1 cm³/mol. The topological polar surface area (TPSA) is 99.3 Å². The number of carbonyl (C=O) groups is 1. The van der Waals surface area contributed by atoms with Gasteiger partial charge in [0.1, 0.15) is 34.0 Å². The number of nitriles is 1. The summed E-state index contributed by atoms with van der Waals surface area (Å²) < 4.78 is 5.10. The summed E-state index contributed by atoms with van der Waals surface area (Å²) in [5, 5.41) is 18.8. The van der Waals surface area contributed by atoms with Crippen LogP contribution in [0.3, 0.4) is 0 Å². The van der Waals surface area contributed by atoms with Gasteiger partial charge in [0.05, 0.1) is 25.3 Å². The average Bonchev–Trinajstić information content (AvgIpc) is 2.58. The zero-order chi connectivity index (χ0) is 18.6. The van der Waals surface area contributed by atoms with Crippen LogP contribution in [0.2, 0.25) is 10.3 Å². The van der Waals surface area contributed by atoms with Crippen molar-refractivity contribution in [3.05, 3.63) is 46.0 Å². The van der Waals surface area contributed by atoms with E-state index >= 15 is 0 Å². The molecule has 1 amide bonds. The van der Waals surface area contributed by atoms with Gasteiger partial charge in [0.25, 0.3) is 5.91 Å². The highest BCUT2D eigenvalue weighted by Gasteiger charge is 2.26. The monoisotopic (exact) mass is 380 g/mol. The number of methoxy groups -OCH3 is 1. The molecule has 25 heavy (non-hydrogen) atoms. The molecule has 2 aromatic rings. The molecule has 0 aliphatic carbocycles. The van der Waals surface area contributed by atoms with Gasteiger partial charge in [0.2, 0.25) is 0 Å². The number of halogens is 2. The van der Waals surface area contributed by atoms with Crippen LogP contribution < -0.4 is 9.64 Å². The molecule has 1 aromatic heterocycles. The molecule has 9 heteroatoms. The number of carbonyl (C=O) groups excluding carboxylic acids is 1. The molecule has 0 fully saturated rings. The second kappa shape index (κ2) is 8.12. The summed E-state index contributed by atoms with van der Waals surface area (Å²) in [5.41, 5.74) is 0.532. The van der Waals surface area contributed by atoms with Crippen molar-refractivity contribution in [3.8, 4) is 11.8 Å². The SMILES string of the molecule is COc1ccc(N(CC(C)O)C(=O)c2c(Cl)ncnc2Cl)cc1C#N. The number of aromatic nitrogens is 2. The molecule has 0 saturated carbocycles. The summed E-state index contributed by atoms with van der Waals surface area (Å²) in [7, 11) is 1.44. The molecule has 1 heterocycles. The molecule has 7 nitrogen and oxygen atoms in total. The Labute approximate surface area is 154 Å². The number of hydrogen-bond acceptors (Lipinski definition) is 6. The number of anilines is 1. The molecule has 1 N–H and O–H groups in total. The molecular weight excluding hydrogens is 367 g/mol. The molecule has 0 bridgehead atoms. The average molecular weight is 381 g/mol. The summed E-state index contributed by atoms with van der Waals surface area (Å²) in [6.07, 6.45) is 0.306. The van der Waals surface area contributed by atoms with Gasteiger partial charge < -0.3 is 14.7 Å². The number of aliphatic hydroxyl groups excluding tert-OH is 1. The lowest BCUT2D eigenvalue weighted by atomic mass is 10.1. The Bertz CT molecular complexity index is 816. The van der Waals surface area contributed by atoms with E-state index in [9.17, 15) is 15.2 Å². The number of nitrogens with zero attached hydrogens (tertiary/aromatic N) is 4. The summed E-state index contributed by atoms with van der Waals surface area (Å²) in [6, 6.07) is 6.62. The third-order valence-corrected chi connectivity index (χ3v) is 3.85. The van der Waals surface area contributed by atoms with E-state index in [1.165, 1.54) is 25.0 Å². The van der Waals surface area contributed by atoms with Crippen molar-refractivity contribution in [2.45, 2.75) is 13.0 Å². The smallest absolute Gasteiger partial charge is 0.264 e. The minimum absolute atomic E-state index is 0.0441. The first kappa shape index (κ1) is 18.9. The van der Waals surface area contributed by atoms with Gasteiger partial charge in [-0.15, -0.1) is 0 Å². The minimum atomic E-state index is -0.834. The van der Waals surface area contributed by atoms with Gasteiger partial charge in [-0.1, -0.05) is 23.2 Å². The fourth-order valence-corrected chi connectivity index (χ4v) is 2.65. The highest BCUT2D eigenvalue weighted by molar-refractivity contribution is 6.39. The maximum Gasteiger partial charge on any atom is 0.264 e. The Kier molecular flexibility index (Phi) is 6.15. The summed E-state index contributed by atoms with van der Waals surface area (Å²) in [6.45, 7) is 1.48. The minimum Gasteiger partial charge on any atom is -0.495 e. The number of aliphatic hydroxyl groups is 1. The van der Waals surface area contributed by atoms with Crippen LogP contribution in [0.25, 0.3) is 0 Å². The molecule has 1 unspecified atom stereocenters. The largest absolute Gasteiger partial charge is 0.495 e. The van der Waals surface area contributed by atoms with E-state index in [2.05, 4.69) is 9.97 Å². The van der Waals surface area contributed by atoms with Gasteiger partial charge in [-0.2, -0.15) is 5.26 Å². The Morgan fingerprint density at radius 3 is 2.56 bits per heavy atom. The van der Waals surface area contributed by atoms with Gasteiger partial charge in [-0.05, 0) is 25.1 Å². The van der Waals surface area contributed by atoms with Crippen molar-refractivity contribution in [2.24, 2.45) is 0 Å². The second-order valence-electron chi connectivity index (χ2n) is 5.09. The van der Waals surface area contributed by atoms with Crippen molar-refractivity contribution >= 4 is 34.8 Å². The maximum atomic E-state index is 12.9. The fraction of sp³-hybridized carbons (Fsp3) is 0.250. The molecule has 1 aromatic carbocycles. The van der Waals surface area contributed by atoms with Crippen molar-refractivity contribution in [3.63, 3.8) is 0 Å². The van der Waals surface area contributed by atoms with E-state index in [1.54, 1.807) is 12.1 Å². The van der Waals surface area contributed by atoms with E-state index in [-0.39, 0.29) is 28.0 Å². The van der Waals surface area contributed by atoms with Gasteiger partial charge in [-0.3, -0.25) is 4.79 Å². The number of benzene rings is 1. The van der Waals surface area contributed by atoms with Crippen LogP contribution in [0.4, 0.5) is 5.69 Å². The Hall–Kier alpha value is -2.40. The lowest BCUT2D eigenvalue weighted by Gasteiger charge is -2.25. The molecule has 0 aliphatic rings. The van der Waals surface area contributed by atoms with Crippen LogP contribution in [0, 0.1) is 11.3 Å². The number of rotatable bonds is 5. The van der Waals surface area contributed by atoms with Gasteiger partial charge >= 0.3 is 0 Å². The summed E-state index contributed by atoms with van der Waals surface area (Å²) in [5.74, 6) is -0.222. The number of ether oxygens (including phenoxy) is 1. The molecule has 0 saturated heterocycles.